The molecule has 0 aromatic heterocycles. The van der Waals surface area contributed by atoms with Crippen molar-refractivity contribution < 1.29 is 18.1 Å². The van der Waals surface area contributed by atoms with Crippen molar-refractivity contribution in [1.82, 2.24) is 0 Å². The molecule has 2 N–H and O–H groups in total. The van der Waals surface area contributed by atoms with Crippen molar-refractivity contribution in [2.24, 2.45) is 10.1 Å². The quantitative estimate of drug-likeness (QED) is 0.660. The fourth-order valence-corrected chi connectivity index (χ4v) is 3.41. The third-order valence-electron chi connectivity index (χ3n) is 2.65. The molecular formula is C8H20NTi. The second-order valence-electron chi connectivity index (χ2n) is 3.76. The summed E-state index contributed by atoms with van der Waals surface area (Å²) in [5.74, 6) is 0.743. The average molecular weight is 178 g/mol. The Kier molecular flexibility index (Phi) is 4.16. The van der Waals surface area contributed by atoms with Crippen LogP contribution in [0.5, 0.6) is 0 Å². The van der Waals surface area contributed by atoms with Crippen molar-refractivity contribution in [2.75, 3.05) is 0 Å². The van der Waals surface area contributed by atoms with Crippen LogP contribution >= 0.6 is 0 Å². The summed E-state index contributed by atoms with van der Waals surface area (Å²) in [6.07, 6.45) is 0. The maximum absolute atomic E-state index is 6.12. The van der Waals surface area contributed by atoms with Crippen LogP contribution in [0.25, 0.3) is 0 Å². The first-order chi connectivity index (χ1) is 4.42. The molecule has 0 radical (unpaired) electrons. The van der Waals surface area contributed by atoms with E-state index in [-0.39, 0.29) is 0 Å². The van der Waals surface area contributed by atoms with Gasteiger partial charge in [0.1, 0.15) is 0 Å². The van der Waals surface area contributed by atoms with Gasteiger partial charge in [-0.25, -0.2) is 0 Å². The molecule has 0 amide bonds. The van der Waals surface area contributed by atoms with Gasteiger partial charge in [0.05, 0.1) is 0 Å². The first-order valence-corrected chi connectivity index (χ1v) is 6.83. The molecule has 0 heterocycles. The van der Waals surface area contributed by atoms with Gasteiger partial charge < -0.3 is 0 Å². The van der Waals surface area contributed by atoms with E-state index < -0.39 is 18.1 Å². The average Bonchev–Trinajstić information content (AvgIpc) is 1.86. The Morgan fingerprint density at radius 1 is 1.40 bits per heavy atom. The van der Waals surface area contributed by atoms with E-state index in [0.717, 1.165) is 5.92 Å². The molecule has 2 heteroatoms. The second kappa shape index (κ2) is 3.89. The van der Waals surface area contributed by atoms with E-state index in [1.54, 1.807) is 0 Å². The molecule has 0 unspecified atom stereocenters. The summed E-state index contributed by atoms with van der Waals surface area (Å²) in [6.45, 7) is 11.4. The second-order valence-corrected chi connectivity index (χ2v) is 8.51. The molecule has 0 aliphatic heterocycles. The van der Waals surface area contributed by atoms with Gasteiger partial charge in [0.25, 0.3) is 0 Å². The molecule has 0 rings (SSSR count). The predicted molar refractivity (Wildman–Crippen MR) is 43.5 cm³/mol. The van der Waals surface area contributed by atoms with Gasteiger partial charge in [-0.2, -0.15) is 0 Å². The maximum atomic E-state index is 6.12. The van der Waals surface area contributed by atoms with Gasteiger partial charge in [-0.15, -0.1) is 0 Å². The number of hydrogen-bond donors (Lipinski definition) is 1. The first-order valence-electron chi connectivity index (χ1n) is 4.04. The Hall–Kier alpha value is 0.674. The van der Waals surface area contributed by atoms with Crippen LogP contribution in [0.15, 0.2) is 0 Å². The van der Waals surface area contributed by atoms with Crippen LogP contribution in [0.2, 0.25) is 8.45 Å². The summed E-state index contributed by atoms with van der Waals surface area (Å²) in [7, 11) is 0. The van der Waals surface area contributed by atoms with Gasteiger partial charge >= 0.3 is 71.3 Å². The van der Waals surface area contributed by atoms with Crippen LogP contribution in [-0.4, -0.2) is 0 Å². The molecule has 0 aromatic rings. The molecule has 0 aliphatic rings. The van der Waals surface area contributed by atoms with Crippen LogP contribution in [0.3, 0.4) is 0 Å². The fraction of sp³-hybridized carbons (Fsp3) is 1.00. The Bertz CT molecular complexity index is 99.4. The third-order valence-corrected chi connectivity index (χ3v) is 7.33. The molecule has 0 saturated heterocycles. The minimum atomic E-state index is -1.21. The number of hydrogen-bond acceptors (Lipinski definition) is 1. The van der Waals surface area contributed by atoms with Gasteiger partial charge in [0.15, 0.2) is 0 Å². The Morgan fingerprint density at radius 3 is 1.90 bits per heavy atom. The molecule has 0 spiro atoms. The summed E-state index contributed by atoms with van der Waals surface area (Å²) < 4.78 is 7.81. The monoisotopic (exact) mass is 178 g/mol. The summed E-state index contributed by atoms with van der Waals surface area (Å²) in [5.41, 5.74) is 0. The van der Waals surface area contributed by atoms with Gasteiger partial charge in [0, 0.05) is 0 Å². The van der Waals surface area contributed by atoms with Crippen LogP contribution in [0.4, 0.5) is 0 Å². The SMILES string of the molecule is C[CH2][Ti]([NH2])[C](C)(C)C(C)C. The van der Waals surface area contributed by atoms with Crippen molar-refractivity contribution in [2.45, 2.75) is 43.1 Å². The van der Waals surface area contributed by atoms with Crippen molar-refractivity contribution in [3.63, 3.8) is 0 Å². The Labute approximate surface area is 71.5 Å². The van der Waals surface area contributed by atoms with E-state index >= 15 is 0 Å². The van der Waals surface area contributed by atoms with E-state index in [2.05, 4.69) is 34.6 Å². The molecule has 1 nitrogen and oxygen atoms in total. The van der Waals surface area contributed by atoms with E-state index in [4.69, 9.17) is 4.22 Å². The molecule has 0 saturated carbocycles. The van der Waals surface area contributed by atoms with Crippen LogP contribution in [0, 0.1) is 5.92 Å². The zero-order valence-electron chi connectivity index (χ0n) is 7.86. The van der Waals surface area contributed by atoms with E-state index in [0.29, 0.717) is 3.72 Å². The zero-order chi connectivity index (χ0) is 8.36. The van der Waals surface area contributed by atoms with Crippen molar-refractivity contribution in [1.29, 1.82) is 0 Å². The van der Waals surface area contributed by atoms with Crippen LogP contribution < -0.4 is 4.22 Å². The molecule has 0 fully saturated rings. The fourth-order valence-electron chi connectivity index (χ4n) is 0.826. The molecular weight excluding hydrogens is 158 g/mol. The zero-order valence-corrected chi connectivity index (χ0v) is 9.42. The summed E-state index contributed by atoms with van der Waals surface area (Å²) in [6, 6.07) is 0. The molecule has 61 valence electrons. The Balaban J connectivity index is 4.09. The van der Waals surface area contributed by atoms with Gasteiger partial charge in [-0.3, -0.25) is 0 Å². The Morgan fingerprint density at radius 2 is 1.80 bits per heavy atom. The standard InChI is InChI=1S/C6H13.C2H5.H2N.Ti/c1-5(2)6(3)4;1-2;;/h5H,1-4H3;1H2,2H3;1H2;/q;;-1;+1. The summed E-state index contributed by atoms with van der Waals surface area (Å²) in [4.78, 5) is 0. The summed E-state index contributed by atoms with van der Waals surface area (Å²) >= 11 is -1.21. The summed E-state index contributed by atoms with van der Waals surface area (Å²) in [5, 5.41) is 0. The van der Waals surface area contributed by atoms with Gasteiger partial charge in [-0.05, 0) is 0 Å². The molecule has 10 heavy (non-hydrogen) atoms. The number of nitrogens with two attached hydrogens (primary N) is 1. The van der Waals surface area contributed by atoms with Crippen LogP contribution in [0.1, 0.15) is 34.6 Å². The van der Waals surface area contributed by atoms with Gasteiger partial charge in [0.2, 0.25) is 0 Å². The molecule has 0 bridgehead atoms. The van der Waals surface area contributed by atoms with Gasteiger partial charge in [-0.1, -0.05) is 0 Å². The minimum absolute atomic E-state index is 0.453. The topological polar surface area (TPSA) is 26.0 Å². The molecule has 0 aliphatic carbocycles. The van der Waals surface area contributed by atoms with E-state index in [9.17, 15) is 0 Å². The first kappa shape index (κ1) is 10.7. The molecule has 0 aromatic carbocycles. The normalized spacial score (nSPS) is 12.3. The van der Waals surface area contributed by atoms with Crippen molar-refractivity contribution in [3.05, 3.63) is 0 Å². The van der Waals surface area contributed by atoms with Crippen LogP contribution in [-0.2, 0) is 18.1 Å². The number of rotatable bonds is 3. The molecule has 0 atom stereocenters. The van der Waals surface area contributed by atoms with E-state index in [1.807, 2.05) is 0 Å². The third kappa shape index (κ3) is 2.37. The predicted octanol–water partition coefficient (Wildman–Crippen LogP) is 2.77. The van der Waals surface area contributed by atoms with Crippen molar-refractivity contribution >= 4 is 0 Å². The van der Waals surface area contributed by atoms with E-state index in [1.165, 1.54) is 4.73 Å². The van der Waals surface area contributed by atoms with Crippen molar-refractivity contribution in [3.8, 4) is 0 Å².